The van der Waals surface area contributed by atoms with Crippen LogP contribution in [-0.4, -0.2) is 68.3 Å². The number of hydrogen-bond donors (Lipinski definition) is 1. The molecule has 2 aromatic heterocycles. The molecule has 0 aliphatic carbocycles. The van der Waals surface area contributed by atoms with Gasteiger partial charge in [-0.2, -0.15) is 0 Å². The maximum absolute atomic E-state index is 13.6. The van der Waals surface area contributed by atoms with Gasteiger partial charge in [-0.25, -0.2) is 4.68 Å². The number of nitrogens with zero attached hydrogens (tertiary/aromatic N) is 6. The minimum atomic E-state index is -0.362. The van der Waals surface area contributed by atoms with E-state index in [0.717, 1.165) is 61.4 Å². The maximum atomic E-state index is 13.6. The van der Waals surface area contributed by atoms with Gasteiger partial charge < -0.3 is 9.72 Å². The van der Waals surface area contributed by atoms with Gasteiger partial charge in [0, 0.05) is 43.8 Å². The fourth-order valence-corrected chi connectivity index (χ4v) is 5.35. The number of aryl methyl sites for hydroxylation is 2. The maximum Gasteiger partial charge on any atom is 0.253 e. The lowest BCUT2D eigenvalue weighted by Crippen LogP contribution is -2.49. The highest BCUT2D eigenvalue weighted by Crippen LogP contribution is 2.31. The van der Waals surface area contributed by atoms with Crippen LogP contribution in [0.1, 0.15) is 61.3 Å². The zero-order valence-corrected chi connectivity index (χ0v) is 23.9. The van der Waals surface area contributed by atoms with Crippen molar-refractivity contribution in [3.63, 3.8) is 0 Å². The summed E-state index contributed by atoms with van der Waals surface area (Å²) in [4.78, 5) is 21.6. The minimum Gasteiger partial charge on any atom is -0.497 e. The number of H-pyrrole nitrogens is 1. The summed E-state index contributed by atoms with van der Waals surface area (Å²) < 4.78 is 7.31. The Labute approximate surface area is 229 Å². The third kappa shape index (κ3) is 5.46. The first kappa shape index (κ1) is 27.0. The van der Waals surface area contributed by atoms with E-state index >= 15 is 0 Å². The van der Waals surface area contributed by atoms with E-state index in [-0.39, 0.29) is 17.1 Å². The standard InChI is InChI=1S/C30H39N7O2/c1-7-30(4,5)37-28(32-33-34-37)27(25-18-23-15-20(2)21(3)16-26(23)31-29(25)38)36-13-11-35(12-14-36)19-22-9-8-10-24(17-22)39-6/h8-10,15-18,27H,7,11-14,19H2,1-6H3,(H,31,38)/t27-/m1/s1. The van der Waals surface area contributed by atoms with Gasteiger partial charge in [0.2, 0.25) is 0 Å². The van der Waals surface area contributed by atoms with Crippen LogP contribution in [0.15, 0.2) is 47.3 Å². The smallest absolute Gasteiger partial charge is 0.253 e. The Kier molecular flexibility index (Phi) is 7.55. The molecule has 0 saturated carbocycles. The molecule has 1 N–H and O–H groups in total. The Morgan fingerprint density at radius 1 is 1.05 bits per heavy atom. The van der Waals surface area contributed by atoms with Crippen molar-refractivity contribution >= 4 is 10.9 Å². The van der Waals surface area contributed by atoms with E-state index in [1.165, 1.54) is 11.1 Å². The van der Waals surface area contributed by atoms with E-state index in [1.54, 1.807) is 7.11 Å². The predicted octanol–water partition coefficient (Wildman–Crippen LogP) is 4.19. The summed E-state index contributed by atoms with van der Waals surface area (Å²) in [5, 5.41) is 14.0. The number of aromatic nitrogens is 5. The predicted molar refractivity (Wildman–Crippen MR) is 153 cm³/mol. The van der Waals surface area contributed by atoms with Gasteiger partial charge in [-0.1, -0.05) is 19.1 Å². The third-order valence-corrected chi connectivity index (χ3v) is 8.27. The van der Waals surface area contributed by atoms with Crippen molar-refractivity contribution in [3.8, 4) is 5.75 Å². The van der Waals surface area contributed by atoms with Crippen LogP contribution in [0.25, 0.3) is 10.9 Å². The molecule has 9 nitrogen and oxygen atoms in total. The Bertz CT molecular complexity index is 1520. The number of aromatic amines is 1. The number of ether oxygens (including phenoxy) is 1. The van der Waals surface area contributed by atoms with Crippen LogP contribution in [0.4, 0.5) is 0 Å². The van der Waals surface area contributed by atoms with Gasteiger partial charge in [0.05, 0.1) is 12.6 Å². The molecule has 1 aliphatic heterocycles. The number of fused-ring (bicyclic) bond motifs is 1. The molecule has 206 valence electrons. The first-order valence-corrected chi connectivity index (χ1v) is 13.7. The van der Waals surface area contributed by atoms with Crippen molar-refractivity contribution < 1.29 is 4.74 Å². The Hall–Kier alpha value is -3.56. The second-order valence-corrected chi connectivity index (χ2v) is 11.3. The van der Waals surface area contributed by atoms with Crippen LogP contribution in [-0.2, 0) is 12.1 Å². The normalized spacial score (nSPS) is 16.1. The van der Waals surface area contributed by atoms with E-state index in [0.29, 0.717) is 11.4 Å². The third-order valence-electron chi connectivity index (χ3n) is 8.27. The van der Waals surface area contributed by atoms with E-state index in [2.05, 4.69) is 83.1 Å². The van der Waals surface area contributed by atoms with E-state index < -0.39 is 0 Å². The molecule has 4 aromatic rings. The SMILES string of the molecule is CCC(C)(C)n1nnnc1[C@@H](c1cc2cc(C)c(C)cc2[nH]c1=O)N1CCN(Cc2cccc(OC)c2)CC1. The second kappa shape index (κ2) is 10.9. The highest BCUT2D eigenvalue weighted by Gasteiger charge is 2.35. The number of rotatable bonds is 8. The fourth-order valence-electron chi connectivity index (χ4n) is 5.35. The molecule has 0 spiro atoms. The van der Waals surface area contributed by atoms with Gasteiger partial charge >= 0.3 is 0 Å². The minimum absolute atomic E-state index is 0.0987. The number of tetrazole rings is 1. The monoisotopic (exact) mass is 529 g/mol. The zero-order valence-electron chi connectivity index (χ0n) is 23.9. The van der Waals surface area contributed by atoms with Crippen molar-refractivity contribution in [2.24, 2.45) is 0 Å². The van der Waals surface area contributed by atoms with Gasteiger partial charge in [0.15, 0.2) is 5.82 Å². The van der Waals surface area contributed by atoms with Gasteiger partial charge in [-0.05, 0) is 97.0 Å². The van der Waals surface area contributed by atoms with Gasteiger partial charge in [0.25, 0.3) is 5.56 Å². The Morgan fingerprint density at radius 3 is 2.51 bits per heavy atom. The van der Waals surface area contributed by atoms with Crippen molar-refractivity contribution in [2.75, 3.05) is 33.3 Å². The quantitative estimate of drug-likeness (QED) is 0.366. The average Bonchev–Trinajstić information content (AvgIpc) is 3.42. The van der Waals surface area contributed by atoms with Crippen LogP contribution >= 0.6 is 0 Å². The van der Waals surface area contributed by atoms with Crippen molar-refractivity contribution in [3.05, 3.63) is 80.9 Å². The molecule has 0 radical (unpaired) electrons. The van der Waals surface area contributed by atoms with E-state index in [4.69, 9.17) is 4.74 Å². The molecule has 0 unspecified atom stereocenters. The second-order valence-electron chi connectivity index (χ2n) is 11.3. The molecule has 0 bridgehead atoms. The Morgan fingerprint density at radius 2 is 1.79 bits per heavy atom. The Balaban J connectivity index is 1.50. The first-order valence-electron chi connectivity index (χ1n) is 13.7. The highest BCUT2D eigenvalue weighted by molar-refractivity contribution is 5.81. The van der Waals surface area contributed by atoms with E-state index in [9.17, 15) is 4.79 Å². The molecule has 1 fully saturated rings. The number of benzene rings is 2. The molecule has 5 rings (SSSR count). The van der Waals surface area contributed by atoms with Gasteiger partial charge in [-0.3, -0.25) is 14.6 Å². The summed E-state index contributed by atoms with van der Waals surface area (Å²) in [6.45, 7) is 14.7. The zero-order chi connectivity index (χ0) is 27.7. The number of pyridine rings is 1. The lowest BCUT2D eigenvalue weighted by atomic mass is 9.98. The molecule has 9 heteroatoms. The number of piperazine rings is 1. The molecule has 1 aliphatic rings. The molecular formula is C30H39N7O2. The van der Waals surface area contributed by atoms with Crippen LogP contribution in [0.5, 0.6) is 5.75 Å². The largest absolute Gasteiger partial charge is 0.497 e. The molecule has 0 amide bonds. The average molecular weight is 530 g/mol. The molecule has 3 heterocycles. The van der Waals surface area contributed by atoms with Crippen LogP contribution in [0.3, 0.4) is 0 Å². The first-order chi connectivity index (χ1) is 18.7. The number of hydrogen-bond acceptors (Lipinski definition) is 7. The topological polar surface area (TPSA) is 92.2 Å². The molecule has 39 heavy (non-hydrogen) atoms. The van der Waals surface area contributed by atoms with Crippen LogP contribution in [0.2, 0.25) is 0 Å². The molecule has 1 saturated heterocycles. The van der Waals surface area contributed by atoms with Gasteiger partial charge in [-0.15, -0.1) is 5.10 Å². The summed E-state index contributed by atoms with van der Waals surface area (Å²) in [6.07, 6.45) is 0.860. The summed E-state index contributed by atoms with van der Waals surface area (Å²) in [6, 6.07) is 14.1. The summed E-state index contributed by atoms with van der Waals surface area (Å²) in [7, 11) is 1.70. The van der Waals surface area contributed by atoms with Crippen LogP contribution < -0.4 is 10.3 Å². The summed E-state index contributed by atoms with van der Waals surface area (Å²) in [5.74, 6) is 1.58. The summed E-state index contributed by atoms with van der Waals surface area (Å²) in [5.41, 5.74) is 4.71. The number of nitrogens with one attached hydrogen (secondary N) is 1. The highest BCUT2D eigenvalue weighted by atomic mass is 16.5. The lowest BCUT2D eigenvalue weighted by molar-refractivity contribution is 0.0968. The van der Waals surface area contributed by atoms with Gasteiger partial charge in [0.1, 0.15) is 11.8 Å². The van der Waals surface area contributed by atoms with E-state index in [1.807, 2.05) is 28.9 Å². The number of methoxy groups -OCH3 is 1. The summed E-state index contributed by atoms with van der Waals surface area (Å²) >= 11 is 0. The van der Waals surface area contributed by atoms with Crippen molar-refractivity contribution in [1.29, 1.82) is 0 Å². The van der Waals surface area contributed by atoms with Crippen molar-refractivity contribution in [1.82, 2.24) is 35.0 Å². The fraction of sp³-hybridized carbons (Fsp3) is 0.467. The molecule has 2 aromatic carbocycles. The molecular weight excluding hydrogens is 490 g/mol. The lowest BCUT2D eigenvalue weighted by Gasteiger charge is -2.39. The molecule has 1 atom stereocenters. The van der Waals surface area contributed by atoms with Crippen LogP contribution in [0, 0.1) is 13.8 Å². The van der Waals surface area contributed by atoms with Crippen molar-refractivity contribution in [2.45, 2.75) is 59.2 Å².